The molecule has 1 N–H and O–H groups in total. The average Bonchev–Trinajstić information content (AvgIpc) is 2.95. The highest BCUT2D eigenvalue weighted by molar-refractivity contribution is 7.92. The third-order valence-electron chi connectivity index (χ3n) is 6.59. The Kier molecular flexibility index (Phi) is 11.9. The minimum atomic E-state index is -4.30. The number of hydrogen-bond acceptors (Lipinski definition) is 5. The Balaban J connectivity index is 2.14. The van der Waals surface area contributed by atoms with Gasteiger partial charge in [0.25, 0.3) is 10.0 Å². The molecule has 0 aliphatic carbocycles. The maximum Gasteiger partial charge on any atom is 0.264 e. The number of sulfonamides is 1. The Morgan fingerprint density at radius 3 is 2.19 bits per heavy atom. The topological polar surface area (TPSA) is 96.0 Å². The van der Waals surface area contributed by atoms with Gasteiger partial charge >= 0.3 is 0 Å². The van der Waals surface area contributed by atoms with Gasteiger partial charge < -0.3 is 15.0 Å². The molecular weight excluding hydrogens is 621 g/mol. The van der Waals surface area contributed by atoms with Gasteiger partial charge in [-0.15, -0.1) is 0 Å². The van der Waals surface area contributed by atoms with E-state index in [1.54, 1.807) is 43.3 Å². The lowest BCUT2D eigenvalue weighted by molar-refractivity contribution is -0.140. The van der Waals surface area contributed by atoms with Crippen LogP contribution in [0, 0.1) is 6.92 Å². The van der Waals surface area contributed by atoms with Crippen molar-refractivity contribution < 1.29 is 22.7 Å². The van der Waals surface area contributed by atoms with Crippen molar-refractivity contribution in [2.75, 3.05) is 24.5 Å². The van der Waals surface area contributed by atoms with E-state index in [0.717, 1.165) is 9.87 Å². The second-order valence-corrected chi connectivity index (χ2v) is 12.8. The van der Waals surface area contributed by atoms with Crippen molar-refractivity contribution in [2.45, 2.75) is 51.1 Å². The Labute approximate surface area is 262 Å². The first-order valence-electron chi connectivity index (χ1n) is 13.4. The molecule has 0 fully saturated rings. The number of benzene rings is 3. The Morgan fingerprint density at radius 1 is 0.952 bits per heavy atom. The minimum Gasteiger partial charge on any atom is -0.495 e. The molecule has 42 heavy (non-hydrogen) atoms. The van der Waals surface area contributed by atoms with Crippen LogP contribution in [0.1, 0.15) is 37.8 Å². The molecule has 0 aromatic heterocycles. The van der Waals surface area contributed by atoms with E-state index in [9.17, 15) is 18.0 Å². The van der Waals surface area contributed by atoms with Crippen LogP contribution >= 0.6 is 34.8 Å². The fourth-order valence-electron chi connectivity index (χ4n) is 4.33. The highest BCUT2D eigenvalue weighted by Gasteiger charge is 2.35. The molecule has 0 aliphatic heterocycles. The highest BCUT2D eigenvalue weighted by atomic mass is 35.5. The van der Waals surface area contributed by atoms with Crippen molar-refractivity contribution in [3.63, 3.8) is 0 Å². The number of nitrogens with one attached hydrogen (secondary N) is 1. The van der Waals surface area contributed by atoms with E-state index >= 15 is 0 Å². The standard InChI is InChI=1S/C30H34Cl3N3O5S/c1-5-15-34-30(38)26(6-2)35(18-21-9-10-22(31)16-25(21)33)29(37)19-36(27-17-23(32)11-14-28(27)41-4)42(39,40)24-12-7-20(3)8-13-24/h7-14,16-17,26H,5-6,15,18-19H2,1-4H3,(H,34,38)/t26-/m1/s1. The van der Waals surface area contributed by atoms with Gasteiger partial charge in [-0.25, -0.2) is 8.42 Å². The molecule has 226 valence electrons. The van der Waals surface area contributed by atoms with Gasteiger partial charge in [0.1, 0.15) is 18.3 Å². The summed E-state index contributed by atoms with van der Waals surface area (Å²) in [5.41, 5.74) is 1.49. The van der Waals surface area contributed by atoms with Crippen molar-refractivity contribution in [3.05, 3.63) is 86.9 Å². The third kappa shape index (κ3) is 8.10. The zero-order valence-electron chi connectivity index (χ0n) is 23.9. The molecule has 12 heteroatoms. The van der Waals surface area contributed by atoms with E-state index in [0.29, 0.717) is 28.6 Å². The Bertz CT molecular complexity index is 1520. The molecule has 3 aromatic carbocycles. The summed E-state index contributed by atoms with van der Waals surface area (Å²) >= 11 is 18.8. The molecule has 0 unspecified atom stereocenters. The number of rotatable bonds is 13. The predicted octanol–water partition coefficient (Wildman–Crippen LogP) is 6.49. The van der Waals surface area contributed by atoms with Gasteiger partial charge in [0.2, 0.25) is 11.8 Å². The number of carbonyl (C=O) groups is 2. The molecule has 0 bridgehead atoms. The second kappa shape index (κ2) is 15.0. The van der Waals surface area contributed by atoms with E-state index in [1.165, 1.54) is 36.3 Å². The van der Waals surface area contributed by atoms with Gasteiger partial charge in [-0.05, 0) is 67.8 Å². The average molecular weight is 655 g/mol. The largest absolute Gasteiger partial charge is 0.495 e. The van der Waals surface area contributed by atoms with Crippen LogP contribution in [0.3, 0.4) is 0 Å². The molecule has 0 spiro atoms. The number of halogens is 3. The second-order valence-electron chi connectivity index (χ2n) is 9.61. The molecule has 1 atom stereocenters. The Morgan fingerprint density at radius 2 is 1.60 bits per heavy atom. The van der Waals surface area contributed by atoms with Crippen molar-refractivity contribution in [1.82, 2.24) is 10.2 Å². The molecule has 0 saturated heterocycles. The quantitative estimate of drug-likeness (QED) is 0.227. The molecule has 0 radical (unpaired) electrons. The molecule has 0 aliphatic rings. The zero-order valence-corrected chi connectivity index (χ0v) is 26.9. The lowest BCUT2D eigenvalue weighted by Gasteiger charge is -2.33. The van der Waals surface area contributed by atoms with E-state index < -0.39 is 28.5 Å². The summed E-state index contributed by atoms with van der Waals surface area (Å²) in [5.74, 6) is -0.786. The predicted molar refractivity (Wildman–Crippen MR) is 168 cm³/mol. The number of nitrogens with zero attached hydrogens (tertiary/aromatic N) is 2. The molecule has 0 heterocycles. The smallest absolute Gasteiger partial charge is 0.264 e. The van der Waals surface area contributed by atoms with Crippen LogP contribution in [-0.4, -0.2) is 51.4 Å². The normalized spacial score (nSPS) is 12.0. The van der Waals surface area contributed by atoms with Crippen LogP contribution in [0.4, 0.5) is 5.69 Å². The monoisotopic (exact) mass is 653 g/mol. The van der Waals surface area contributed by atoms with Crippen LogP contribution in [0.5, 0.6) is 5.75 Å². The number of hydrogen-bond donors (Lipinski definition) is 1. The number of carbonyl (C=O) groups excluding carboxylic acids is 2. The van der Waals surface area contributed by atoms with Crippen LogP contribution in [0.2, 0.25) is 15.1 Å². The molecule has 8 nitrogen and oxygen atoms in total. The molecule has 2 amide bonds. The van der Waals surface area contributed by atoms with Crippen molar-refractivity contribution in [1.29, 1.82) is 0 Å². The number of methoxy groups -OCH3 is 1. The fraction of sp³-hybridized carbons (Fsp3) is 0.333. The summed E-state index contributed by atoms with van der Waals surface area (Å²) in [6, 6.07) is 14.7. The molecular formula is C30H34Cl3N3O5S. The molecule has 3 aromatic rings. The maximum atomic E-state index is 14.2. The first-order chi connectivity index (χ1) is 19.9. The highest BCUT2D eigenvalue weighted by Crippen LogP contribution is 2.35. The van der Waals surface area contributed by atoms with Gasteiger partial charge in [-0.1, -0.05) is 72.4 Å². The van der Waals surface area contributed by atoms with Crippen molar-refractivity contribution in [3.8, 4) is 5.75 Å². The Hall–Kier alpha value is -2.98. The molecule has 3 rings (SSSR count). The number of anilines is 1. The first kappa shape index (κ1) is 33.5. The van der Waals surface area contributed by atoms with E-state index in [-0.39, 0.29) is 40.2 Å². The summed E-state index contributed by atoms with van der Waals surface area (Å²) in [4.78, 5) is 28.7. The van der Waals surface area contributed by atoms with Crippen LogP contribution in [0.25, 0.3) is 0 Å². The van der Waals surface area contributed by atoms with Gasteiger partial charge in [0.05, 0.1) is 17.7 Å². The van der Waals surface area contributed by atoms with Crippen molar-refractivity contribution in [2.24, 2.45) is 0 Å². The summed E-state index contributed by atoms with van der Waals surface area (Å²) in [6.45, 7) is 5.26. The SMILES string of the molecule is CCCNC(=O)[C@@H](CC)N(Cc1ccc(Cl)cc1Cl)C(=O)CN(c1cc(Cl)ccc1OC)S(=O)(=O)c1ccc(C)cc1. The van der Waals surface area contributed by atoms with Gasteiger partial charge in [0, 0.05) is 28.2 Å². The van der Waals surface area contributed by atoms with E-state index in [1.807, 2.05) is 13.8 Å². The zero-order chi connectivity index (χ0) is 31.0. The number of amides is 2. The summed E-state index contributed by atoms with van der Waals surface area (Å²) < 4.78 is 34.6. The minimum absolute atomic E-state index is 0.0250. The van der Waals surface area contributed by atoms with Gasteiger partial charge in [-0.3, -0.25) is 13.9 Å². The first-order valence-corrected chi connectivity index (χ1v) is 15.9. The summed E-state index contributed by atoms with van der Waals surface area (Å²) in [7, 11) is -2.91. The van der Waals surface area contributed by atoms with Gasteiger partial charge in [-0.2, -0.15) is 0 Å². The third-order valence-corrected chi connectivity index (χ3v) is 9.18. The fourth-order valence-corrected chi connectivity index (χ4v) is 6.38. The number of ether oxygens (including phenoxy) is 1. The van der Waals surface area contributed by atoms with E-state index in [4.69, 9.17) is 39.5 Å². The maximum absolute atomic E-state index is 14.2. The van der Waals surface area contributed by atoms with Crippen LogP contribution in [-0.2, 0) is 26.2 Å². The lowest BCUT2D eigenvalue weighted by atomic mass is 10.1. The summed E-state index contributed by atoms with van der Waals surface area (Å²) in [5, 5.41) is 3.82. The number of aryl methyl sites for hydroxylation is 1. The molecule has 0 saturated carbocycles. The van der Waals surface area contributed by atoms with E-state index in [2.05, 4.69) is 5.32 Å². The van der Waals surface area contributed by atoms with Crippen molar-refractivity contribution >= 4 is 62.3 Å². The summed E-state index contributed by atoms with van der Waals surface area (Å²) in [6.07, 6.45) is 0.980. The van der Waals surface area contributed by atoms with Gasteiger partial charge in [0.15, 0.2) is 0 Å². The lowest BCUT2D eigenvalue weighted by Crippen LogP contribution is -2.52. The van der Waals surface area contributed by atoms with Crippen LogP contribution < -0.4 is 14.4 Å². The van der Waals surface area contributed by atoms with Crippen LogP contribution in [0.15, 0.2) is 65.6 Å².